The number of aromatic nitrogens is 2. The van der Waals surface area contributed by atoms with Gasteiger partial charge in [0.05, 0.1) is 5.69 Å². The predicted molar refractivity (Wildman–Crippen MR) is 101 cm³/mol. The van der Waals surface area contributed by atoms with Crippen LogP contribution in [0.3, 0.4) is 0 Å². The maximum absolute atomic E-state index is 12.6. The Labute approximate surface area is 160 Å². The molecule has 6 nitrogen and oxygen atoms in total. The van der Waals surface area contributed by atoms with E-state index in [9.17, 15) is 9.59 Å². The Kier molecular flexibility index (Phi) is 4.06. The van der Waals surface area contributed by atoms with E-state index in [1.165, 1.54) is 25.7 Å². The van der Waals surface area contributed by atoms with Crippen molar-refractivity contribution < 1.29 is 9.59 Å². The molecule has 1 N–H and O–H groups in total. The minimum absolute atomic E-state index is 0.140. The maximum atomic E-state index is 12.6. The number of carbonyl (C=O) groups excluding carboxylic acids is 2. The lowest BCUT2D eigenvalue weighted by molar-refractivity contribution is -0.131. The van der Waals surface area contributed by atoms with Crippen LogP contribution in [0.2, 0.25) is 0 Å². The van der Waals surface area contributed by atoms with Crippen molar-refractivity contribution in [1.29, 1.82) is 0 Å². The second kappa shape index (κ2) is 6.35. The number of hydrogen-bond acceptors (Lipinski definition) is 3. The molecule has 27 heavy (non-hydrogen) atoms. The largest absolute Gasteiger partial charge is 0.353 e. The second-order valence-electron chi connectivity index (χ2n) is 9.35. The molecule has 0 aromatic carbocycles. The van der Waals surface area contributed by atoms with Gasteiger partial charge >= 0.3 is 0 Å². The number of carbonyl (C=O) groups is 2. The van der Waals surface area contributed by atoms with E-state index in [4.69, 9.17) is 0 Å². The Bertz CT molecular complexity index is 740. The Morgan fingerprint density at radius 3 is 2.30 bits per heavy atom. The molecule has 2 heterocycles. The summed E-state index contributed by atoms with van der Waals surface area (Å²) in [6.07, 6.45) is 6.04. The average molecular weight is 370 g/mol. The van der Waals surface area contributed by atoms with Crippen LogP contribution in [-0.4, -0.2) is 45.6 Å². The normalized spacial score (nSPS) is 29.1. The van der Waals surface area contributed by atoms with Crippen molar-refractivity contribution in [3.63, 3.8) is 0 Å². The van der Waals surface area contributed by atoms with Crippen molar-refractivity contribution >= 4 is 11.8 Å². The molecule has 0 spiro atoms. The molecule has 1 saturated heterocycles. The number of aryl methyl sites for hydroxylation is 2. The van der Waals surface area contributed by atoms with Crippen LogP contribution in [0.25, 0.3) is 0 Å². The Balaban J connectivity index is 1.08. The Morgan fingerprint density at radius 2 is 1.78 bits per heavy atom. The molecule has 1 aromatic rings. The van der Waals surface area contributed by atoms with Gasteiger partial charge in [0.2, 0.25) is 11.8 Å². The Hall–Kier alpha value is -1.85. The quantitative estimate of drug-likeness (QED) is 0.797. The summed E-state index contributed by atoms with van der Waals surface area (Å²) in [7, 11) is 0. The van der Waals surface area contributed by atoms with Crippen LogP contribution < -0.4 is 5.32 Å². The van der Waals surface area contributed by atoms with E-state index in [1.54, 1.807) is 4.68 Å². The van der Waals surface area contributed by atoms with Gasteiger partial charge in [-0.1, -0.05) is 0 Å². The van der Waals surface area contributed by atoms with Gasteiger partial charge in [-0.05, 0) is 63.4 Å². The maximum Gasteiger partial charge on any atom is 0.244 e. The highest BCUT2D eigenvalue weighted by Gasteiger charge is 2.57. The van der Waals surface area contributed by atoms with E-state index < -0.39 is 0 Å². The van der Waals surface area contributed by atoms with Gasteiger partial charge in [-0.25, -0.2) is 0 Å². The first-order valence-electron chi connectivity index (χ1n) is 10.6. The average Bonchev–Trinajstić information content (AvgIpc) is 3.54. The lowest BCUT2D eigenvalue weighted by Crippen LogP contribution is -2.39. The summed E-state index contributed by atoms with van der Waals surface area (Å²) in [5.41, 5.74) is 1.97. The highest BCUT2D eigenvalue weighted by Crippen LogP contribution is 2.51. The van der Waals surface area contributed by atoms with Crippen molar-refractivity contribution in [2.75, 3.05) is 13.1 Å². The highest BCUT2D eigenvalue weighted by molar-refractivity contribution is 5.78. The van der Waals surface area contributed by atoms with Crippen molar-refractivity contribution in [1.82, 2.24) is 20.0 Å². The number of amides is 2. The smallest absolute Gasteiger partial charge is 0.244 e. The molecule has 1 unspecified atom stereocenters. The molecule has 0 bridgehead atoms. The number of nitrogens with one attached hydrogen (secondary N) is 1. The monoisotopic (exact) mass is 370 g/mol. The van der Waals surface area contributed by atoms with E-state index in [0.29, 0.717) is 30.3 Å². The minimum atomic E-state index is 0.140. The lowest BCUT2D eigenvalue weighted by atomic mass is 9.94. The fourth-order valence-electron chi connectivity index (χ4n) is 5.23. The Morgan fingerprint density at radius 1 is 1.15 bits per heavy atom. The molecular formula is C21H30N4O2. The number of hydrogen-bond donors (Lipinski definition) is 1. The molecule has 2 amide bonds. The first-order valence-corrected chi connectivity index (χ1v) is 10.6. The number of nitrogens with zero attached hydrogens (tertiary/aromatic N) is 3. The molecule has 0 radical (unpaired) electrons. The molecule has 3 saturated carbocycles. The number of fused-ring (bicyclic) bond motifs is 1. The van der Waals surface area contributed by atoms with Crippen LogP contribution in [0.4, 0.5) is 0 Å². The third-order valence-corrected chi connectivity index (χ3v) is 7.14. The van der Waals surface area contributed by atoms with E-state index in [0.717, 1.165) is 42.7 Å². The standard InChI is InChI=1S/C21H30N4O2/c1-12-7-13(2)25(23-12)11-20(27)24-9-17-18(10-24)21(17)22-19(26)8-16(14-3-4-14)15-5-6-15/h7,14-18,21H,3-6,8-11H2,1-2H3,(H,22,26)/t17-,18+,21?. The van der Waals surface area contributed by atoms with Gasteiger partial charge in [0, 0.05) is 43.1 Å². The van der Waals surface area contributed by atoms with E-state index in [-0.39, 0.29) is 11.8 Å². The molecule has 4 fully saturated rings. The lowest BCUT2D eigenvalue weighted by Gasteiger charge is -2.21. The van der Waals surface area contributed by atoms with E-state index in [2.05, 4.69) is 10.4 Å². The molecule has 4 aliphatic rings. The molecule has 3 atom stereocenters. The summed E-state index contributed by atoms with van der Waals surface area (Å²) in [5, 5.41) is 7.66. The molecule has 1 aliphatic heterocycles. The van der Waals surface area contributed by atoms with Crippen LogP contribution >= 0.6 is 0 Å². The SMILES string of the molecule is Cc1cc(C)n(CC(=O)N2C[C@@H]3C(NC(=O)CC(C4CC4)C4CC4)[C@@H]3C2)n1. The van der Waals surface area contributed by atoms with Gasteiger partial charge in [0.15, 0.2) is 0 Å². The second-order valence-corrected chi connectivity index (χ2v) is 9.35. The van der Waals surface area contributed by atoms with Crippen molar-refractivity contribution in [2.24, 2.45) is 29.6 Å². The van der Waals surface area contributed by atoms with Gasteiger partial charge < -0.3 is 10.2 Å². The molecule has 3 aliphatic carbocycles. The zero-order valence-corrected chi connectivity index (χ0v) is 16.4. The minimum Gasteiger partial charge on any atom is -0.353 e. The third-order valence-electron chi connectivity index (χ3n) is 7.14. The number of likely N-dealkylation sites (tertiary alicyclic amines) is 1. The van der Waals surface area contributed by atoms with Crippen LogP contribution in [-0.2, 0) is 16.1 Å². The van der Waals surface area contributed by atoms with E-state index >= 15 is 0 Å². The summed E-state index contributed by atoms with van der Waals surface area (Å²) in [5.74, 6) is 3.59. The zero-order chi connectivity index (χ0) is 18.7. The van der Waals surface area contributed by atoms with Crippen molar-refractivity contribution in [3.8, 4) is 0 Å². The zero-order valence-electron chi connectivity index (χ0n) is 16.4. The summed E-state index contributed by atoms with van der Waals surface area (Å²) in [6.45, 7) is 5.81. The summed E-state index contributed by atoms with van der Waals surface area (Å²) in [6, 6.07) is 2.30. The van der Waals surface area contributed by atoms with E-state index in [1.807, 2.05) is 24.8 Å². The molecule has 146 valence electrons. The fraction of sp³-hybridized carbons (Fsp3) is 0.762. The number of rotatable bonds is 7. The van der Waals surface area contributed by atoms with Crippen LogP contribution in [0, 0.1) is 43.4 Å². The van der Waals surface area contributed by atoms with Gasteiger partial charge in [0.25, 0.3) is 0 Å². The summed E-state index contributed by atoms with van der Waals surface area (Å²) >= 11 is 0. The molecular weight excluding hydrogens is 340 g/mol. The highest BCUT2D eigenvalue weighted by atomic mass is 16.2. The number of piperidine rings is 1. The predicted octanol–water partition coefficient (Wildman–Crippen LogP) is 1.90. The molecule has 1 aromatic heterocycles. The summed E-state index contributed by atoms with van der Waals surface area (Å²) in [4.78, 5) is 27.0. The van der Waals surface area contributed by atoms with Crippen molar-refractivity contribution in [3.05, 3.63) is 17.5 Å². The fourth-order valence-corrected chi connectivity index (χ4v) is 5.23. The first-order chi connectivity index (χ1) is 13.0. The molecule has 5 rings (SSSR count). The van der Waals surface area contributed by atoms with Gasteiger partial charge in [-0.3, -0.25) is 14.3 Å². The molecule has 6 heteroatoms. The van der Waals surface area contributed by atoms with Crippen LogP contribution in [0.5, 0.6) is 0 Å². The van der Waals surface area contributed by atoms with Gasteiger partial charge in [-0.15, -0.1) is 0 Å². The topological polar surface area (TPSA) is 67.2 Å². The third kappa shape index (κ3) is 3.50. The van der Waals surface area contributed by atoms with Crippen LogP contribution in [0.15, 0.2) is 6.07 Å². The van der Waals surface area contributed by atoms with Crippen LogP contribution in [0.1, 0.15) is 43.5 Å². The first kappa shape index (κ1) is 17.3. The van der Waals surface area contributed by atoms with Gasteiger partial charge in [0.1, 0.15) is 6.54 Å². The van der Waals surface area contributed by atoms with Gasteiger partial charge in [-0.2, -0.15) is 5.10 Å². The van der Waals surface area contributed by atoms with Crippen molar-refractivity contribution in [2.45, 2.75) is 58.5 Å². The summed E-state index contributed by atoms with van der Waals surface area (Å²) < 4.78 is 1.79.